The van der Waals surface area contributed by atoms with Gasteiger partial charge in [0.05, 0.1) is 11.1 Å². The molecule has 0 spiro atoms. The van der Waals surface area contributed by atoms with E-state index in [9.17, 15) is 9.18 Å². The van der Waals surface area contributed by atoms with Crippen LogP contribution in [0.15, 0.2) is 42.5 Å². The Morgan fingerprint density at radius 2 is 2.05 bits per heavy atom. The number of halogens is 1. The predicted molar refractivity (Wildman–Crippen MR) is 64.6 cm³/mol. The number of hydrogen-bond acceptors (Lipinski definition) is 3. The number of aromatic carboxylic acids is 1. The molecule has 0 aliphatic rings. The standard InChI is InChI=1S/C14H8FNO3/c15-11-4-5-13(10(6-11)8-16)19-12-3-1-2-9(7-12)14(17)18/h1-7H,(H,17,18). The Morgan fingerprint density at radius 1 is 1.26 bits per heavy atom. The Kier molecular flexibility index (Phi) is 3.44. The molecule has 2 aromatic rings. The molecule has 0 unspecified atom stereocenters. The summed E-state index contributed by atoms with van der Waals surface area (Å²) in [6.07, 6.45) is 0. The van der Waals surface area contributed by atoms with E-state index in [2.05, 4.69) is 0 Å². The van der Waals surface area contributed by atoms with Crippen LogP contribution in [0.1, 0.15) is 15.9 Å². The Morgan fingerprint density at radius 3 is 2.74 bits per heavy atom. The van der Waals surface area contributed by atoms with Crippen molar-refractivity contribution in [3.63, 3.8) is 0 Å². The smallest absolute Gasteiger partial charge is 0.335 e. The third-order valence-electron chi connectivity index (χ3n) is 2.37. The highest BCUT2D eigenvalue weighted by Crippen LogP contribution is 2.26. The molecule has 0 bridgehead atoms. The van der Waals surface area contributed by atoms with Gasteiger partial charge in [0.25, 0.3) is 0 Å². The summed E-state index contributed by atoms with van der Waals surface area (Å²) in [7, 11) is 0. The molecular formula is C14H8FNO3. The number of hydrogen-bond donors (Lipinski definition) is 1. The highest BCUT2D eigenvalue weighted by molar-refractivity contribution is 5.88. The largest absolute Gasteiger partial charge is 0.478 e. The van der Waals surface area contributed by atoms with Crippen LogP contribution in [0.3, 0.4) is 0 Å². The van der Waals surface area contributed by atoms with Crippen molar-refractivity contribution in [2.24, 2.45) is 0 Å². The Hall–Kier alpha value is -2.87. The fourth-order valence-electron chi connectivity index (χ4n) is 1.50. The van der Waals surface area contributed by atoms with E-state index in [-0.39, 0.29) is 22.6 Å². The van der Waals surface area contributed by atoms with Crippen LogP contribution >= 0.6 is 0 Å². The number of nitrogens with zero attached hydrogens (tertiary/aromatic N) is 1. The van der Waals surface area contributed by atoms with Crippen molar-refractivity contribution in [3.8, 4) is 17.6 Å². The summed E-state index contributed by atoms with van der Waals surface area (Å²) >= 11 is 0. The van der Waals surface area contributed by atoms with Crippen molar-refractivity contribution in [2.75, 3.05) is 0 Å². The van der Waals surface area contributed by atoms with Gasteiger partial charge in [0, 0.05) is 0 Å². The summed E-state index contributed by atoms with van der Waals surface area (Å²) in [5.74, 6) is -1.18. The Balaban J connectivity index is 2.34. The van der Waals surface area contributed by atoms with Crippen molar-refractivity contribution < 1.29 is 19.0 Å². The summed E-state index contributed by atoms with van der Waals surface area (Å²) < 4.78 is 18.4. The van der Waals surface area contributed by atoms with Gasteiger partial charge in [0.15, 0.2) is 0 Å². The fourth-order valence-corrected chi connectivity index (χ4v) is 1.50. The summed E-state index contributed by atoms with van der Waals surface area (Å²) in [5, 5.41) is 17.7. The van der Waals surface area contributed by atoms with Gasteiger partial charge in [-0.25, -0.2) is 9.18 Å². The normalized spacial score (nSPS) is 9.68. The van der Waals surface area contributed by atoms with Crippen LogP contribution in [0.2, 0.25) is 0 Å². The zero-order valence-corrected chi connectivity index (χ0v) is 9.63. The first kappa shape index (κ1) is 12.6. The van der Waals surface area contributed by atoms with Gasteiger partial charge < -0.3 is 9.84 Å². The molecule has 0 atom stereocenters. The molecule has 4 nitrogen and oxygen atoms in total. The van der Waals surface area contributed by atoms with Crippen LogP contribution in [-0.4, -0.2) is 11.1 Å². The average Bonchev–Trinajstić information content (AvgIpc) is 2.41. The van der Waals surface area contributed by atoms with E-state index in [1.807, 2.05) is 6.07 Å². The number of carboxylic acids is 1. The van der Waals surface area contributed by atoms with E-state index in [1.165, 1.54) is 24.3 Å². The van der Waals surface area contributed by atoms with Gasteiger partial charge in [-0.15, -0.1) is 0 Å². The van der Waals surface area contributed by atoms with E-state index in [4.69, 9.17) is 15.1 Å². The molecular weight excluding hydrogens is 249 g/mol. The first-order chi connectivity index (χ1) is 9.10. The van der Waals surface area contributed by atoms with Crippen molar-refractivity contribution in [1.82, 2.24) is 0 Å². The minimum absolute atomic E-state index is 0.0423. The monoisotopic (exact) mass is 257 g/mol. The molecule has 0 saturated carbocycles. The maximum absolute atomic E-state index is 13.0. The lowest BCUT2D eigenvalue weighted by Gasteiger charge is -2.07. The van der Waals surface area contributed by atoms with Gasteiger partial charge in [-0.2, -0.15) is 5.26 Å². The molecule has 0 radical (unpaired) electrons. The van der Waals surface area contributed by atoms with E-state index < -0.39 is 11.8 Å². The quantitative estimate of drug-likeness (QED) is 0.916. The molecule has 19 heavy (non-hydrogen) atoms. The van der Waals surface area contributed by atoms with Crippen molar-refractivity contribution in [1.29, 1.82) is 5.26 Å². The lowest BCUT2D eigenvalue weighted by atomic mass is 10.2. The van der Waals surface area contributed by atoms with Crippen LogP contribution in [-0.2, 0) is 0 Å². The van der Waals surface area contributed by atoms with Gasteiger partial charge in [0.2, 0.25) is 0 Å². The van der Waals surface area contributed by atoms with Gasteiger partial charge >= 0.3 is 5.97 Å². The van der Waals surface area contributed by atoms with Crippen LogP contribution in [0, 0.1) is 17.1 Å². The van der Waals surface area contributed by atoms with Crippen LogP contribution in [0.25, 0.3) is 0 Å². The predicted octanol–water partition coefficient (Wildman–Crippen LogP) is 3.19. The zero-order valence-electron chi connectivity index (χ0n) is 9.63. The molecule has 0 aliphatic carbocycles. The summed E-state index contributed by atoms with van der Waals surface area (Å²) in [4.78, 5) is 10.8. The van der Waals surface area contributed by atoms with Crippen LogP contribution in [0.5, 0.6) is 11.5 Å². The molecule has 0 aliphatic heterocycles. The molecule has 2 aromatic carbocycles. The highest BCUT2D eigenvalue weighted by atomic mass is 19.1. The second-order valence-electron chi connectivity index (χ2n) is 3.69. The second-order valence-corrected chi connectivity index (χ2v) is 3.69. The minimum Gasteiger partial charge on any atom is -0.478 e. The summed E-state index contributed by atoms with van der Waals surface area (Å²) in [6.45, 7) is 0. The van der Waals surface area contributed by atoms with E-state index in [0.29, 0.717) is 0 Å². The number of carbonyl (C=O) groups is 1. The molecule has 94 valence electrons. The van der Waals surface area contributed by atoms with E-state index in [1.54, 1.807) is 6.07 Å². The topological polar surface area (TPSA) is 70.3 Å². The van der Waals surface area contributed by atoms with E-state index in [0.717, 1.165) is 12.1 Å². The summed E-state index contributed by atoms with van der Waals surface area (Å²) in [5.41, 5.74) is 0.110. The van der Waals surface area contributed by atoms with Crippen molar-refractivity contribution in [3.05, 3.63) is 59.4 Å². The molecule has 0 amide bonds. The number of carboxylic acid groups (broad SMARTS) is 1. The maximum atomic E-state index is 13.0. The number of nitriles is 1. The Labute approximate surface area is 108 Å². The average molecular weight is 257 g/mol. The second kappa shape index (κ2) is 5.19. The first-order valence-electron chi connectivity index (χ1n) is 5.31. The van der Waals surface area contributed by atoms with Gasteiger partial charge in [0.1, 0.15) is 23.4 Å². The third-order valence-corrected chi connectivity index (χ3v) is 2.37. The van der Waals surface area contributed by atoms with E-state index >= 15 is 0 Å². The van der Waals surface area contributed by atoms with Gasteiger partial charge in [-0.05, 0) is 36.4 Å². The third kappa shape index (κ3) is 2.87. The molecule has 0 heterocycles. The molecule has 5 heteroatoms. The van der Waals surface area contributed by atoms with Crippen molar-refractivity contribution in [2.45, 2.75) is 0 Å². The number of benzene rings is 2. The van der Waals surface area contributed by atoms with Crippen molar-refractivity contribution >= 4 is 5.97 Å². The lowest BCUT2D eigenvalue weighted by Crippen LogP contribution is -1.96. The molecule has 1 N–H and O–H groups in total. The molecule has 0 saturated heterocycles. The van der Waals surface area contributed by atoms with Crippen LogP contribution < -0.4 is 4.74 Å². The highest BCUT2D eigenvalue weighted by Gasteiger charge is 2.08. The molecule has 0 fully saturated rings. The first-order valence-corrected chi connectivity index (χ1v) is 5.31. The fraction of sp³-hybridized carbons (Fsp3) is 0. The van der Waals surface area contributed by atoms with Crippen LogP contribution in [0.4, 0.5) is 4.39 Å². The van der Waals surface area contributed by atoms with Gasteiger partial charge in [-0.1, -0.05) is 6.07 Å². The minimum atomic E-state index is -1.08. The molecule has 0 aromatic heterocycles. The Bertz CT molecular complexity index is 677. The molecule has 2 rings (SSSR count). The zero-order chi connectivity index (χ0) is 13.8. The summed E-state index contributed by atoms with van der Waals surface area (Å²) in [6, 6.07) is 11.2. The maximum Gasteiger partial charge on any atom is 0.335 e. The lowest BCUT2D eigenvalue weighted by molar-refractivity contribution is 0.0696. The SMILES string of the molecule is N#Cc1cc(F)ccc1Oc1cccc(C(=O)O)c1. The number of rotatable bonds is 3. The van der Waals surface area contributed by atoms with Gasteiger partial charge in [-0.3, -0.25) is 0 Å². The number of ether oxygens (including phenoxy) is 1.